The van der Waals surface area contributed by atoms with Gasteiger partial charge in [-0.25, -0.2) is 0 Å². The number of rotatable bonds is 23. The van der Waals surface area contributed by atoms with Gasteiger partial charge in [0, 0.05) is 50.0 Å². The van der Waals surface area contributed by atoms with E-state index in [4.69, 9.17) is 9.84 Å². The van der Waals surface area contributed by atoms with E-state index in [0.717, 1.165) is 6.42 Å². The number of hydrogen-bond donors (Lipinski definition) is 5. The lowest BCUT2D eigenvalue weighted by atomic mass is 9.73. The molecule has 0 aromatic carbocycles. The number of likely N-dealkylation sites (N-methyl/N-ethyl adjacent to an activating group) is 1. The predicted octanol–water partition coefficient (Wildman–Crippen LogP) is 2.62. The number of ether oxygens (including phenoxy) is 1. The number of nitrogens with one attached hydrogen (secondary N) is 4. The van der Waals surface area contributed by atoms with Crippen LogP contribution in [0.25, 0.3) is 0 Å². The van der Waals surface area contributed by atoms with Crippen LogP contribution in [0.15, 0.2) is 0 Å². The molecule has 0 unspecified atom stereocenters. The van der Waals surface area contributed by atoms with E-state index >= 15 is 0 Å². The molecule has 46 heavy (non-hydrogen) atoms. The van der Waals surface area contributed by atoms with Crippen LogP contribution >= 0.6 is 0 Å². The third-order valence-corrected chi connectivity index (χ3v) is 7.60. The first kappa shape index (κ1) is 42.8. The highest BCUT2D eigenvalue weighted by Gasteiger charge is 2.36. The summed E-state index contributed by atoms with van der Waals surface area (Å²) in [5.41, 5.74) is -2.63. The molecule has 0 aromatic heterocycles. The second-order valence-corrected chi connectivity index (χ2v) is 14.6. The number of nitrogens with zero attached hydrogens (tertiary/aromatic N) is 1. The van der Waals surface area contributed by atoms with Crippen molar-refractivity contribution >= 4 is 35.5 Å². The first-order chi connectivity index (χ1) is 21.1. The molecular formula is C33H61N5O8. The molecule has 0 atom stereocenters. The molecule has 0 aliphatic heterocycles. The van der Waals surface area contributed by atoms with Crippen LogP contribution in [0.3, 0.4) is 0 Å². The van der Waals surface area contributed by atoms with Crippen LogP contribution in [-0.4, -0.2) is 97.0 Å². The number of hydrogen-bond acceptors (Lipinski definition) is 7. The highest BCUT2D eigenvalue weighted by atomic mass is 16.5. The van der Waals surface area contributed by atoms with Crippen molar-refractivity contribution in [3.05, 3.63) is 0 Å². The summed E-state index contributed by atoms with van der Waals surface area (Å²) in [6, 6.07) is 0. The molecule has 0 aliphatic rings. The number of aliphatic carboxylic acids is 1. The zero-order chi connectivity index (χ0) is 35.8. The lowest BCUT2D eigenvalue weighted by Crippen LogP contribution is -2.47. The largest absolute Gasteiger partial charge is 0.481 e. The fraction of sp³-hybridized carbons (Fsp3) is 0.818. The van der Waals surface area contributed by atoms with Gasteiger partial charge < -0.3 is 36.0 Å². The van der Waals surface area contributed by atoms with E-state index < -0.39 is 33.7 Å². The van der Waals surface area contributed by atoms with Gasteiger partial charge in [0.1, 0.15) is 13.1 Å². The Morgan fingerprint density at radius 1 is 0.696 bits per heavy atom. The molecule has 5 amide bonds. The van der Waals surface area contributed by atoms with Crippen LogP contribution in [-0.2, 0) is 33.5 Å². The molecule has 0 rings (SSSR count). The van der Waals surface area contributed by atoms with Gasteiger partial charge in [-0.05, 0) is 51.9 Å². The third-order valence-electron chi connectivity index (χ3n) is 7.60. The zero-order valence-corrected chi connectivity index (χ0v) is 29.9. The summed E-state index contributed by atoms with van der Waals surface area (Å²) in [5, 5.41) is 20.2. The maximum Gasteiger partial charge on any atom is 0.303 e. The smallest absolute Gasteiger partial charge is 0.303 e. The lowest BCUT2D eigenvalue weighted by Gasteiger charge is -2.33. The maximum absolute atomic E-state index is 12.9. The van der Waals surface area contributed by atoms with E-state index in [1.54, 1.807) is 20.8 Å². The van der Waals surface area contributed by atoms with E-state index in [1.807, 2.05) is 48.5 Å². The first-order valence-electron chi connectivity index (χ1n) is 16.3. The van der Waals surface area contributed by atoms with Crippen molar-refractivity contribution in [2.75, 3.05) is 45.9 Å². The molecule has 0 aromatic rings. The molecule has 0 spiro atoms. The molecule has 13 nitrogen and oxygen atoms in total. The third kappa shape index (κ3) is 18.1. The number of carboxylic acids is 1. The number of carbonyl (C=O) groups excluding carboxylic acids is 5. The molecule has 0 saturated heterocycles. The van der Waals surface area contributed by atoms with E-state index in [9.17, 15) is 28.8 Å². The van der Waals surface area contributed by atoms with Crippen LogP contribution in [0.1, 0.15) is 108 Å². The molecule has 266 valence electrons. The molecule has 0 saturated carbocycles. The Kier molecular flexibility index (Phi) is 18.1. The van der Waals surface area contributed by atoms with Crippen LogP contribution in [0, 0.1) is 16.2 Å². The van der Waals surface area contributed by atoms with Crippen LogP contribution in [0.4, 0.5) is 0 Å². The minimum absolute atomic E-state index is 0.0197. The van der Waals surface area contributed by atoms with Gasteiger partial charge in [-0.1, -0.05) is 48.5 Å². The van der Waals surface area contributed by atoms with Gasteiger partial charge in [0.25, 0.3) is 0 Å². The van der Waals surface area contributed by atoms with Crippen molar-refractivity contribution in [1.82, 2.24) is 26.2 Å². The quantitative estimate of drug-likeness (QED) is 0.111. The minimum atomic E-state index is -0.891. The summed E-state index contributed by atoms with van der Waals surface area (Å²) in [5.74, 6) is -2.42. The van der Waals surface area contributed by atoms with Gasteiger partial charge in [0.15, 0.2) is 0 Å². The summed E-state index contributed by atoms with van der Waals surface area (Å²) in [6.07, 6.45) is 2.03. The second kappa shape index (κ2) is 19.4. The Morgan fingerprint density at radius 3 is 1.78 bits per heavy atom. The number of carbonyl (C=O) groups is 6. The SMILES string of the molecule is CCCNC(=O)CN(CC(=O)NCC)C(=O)CCNC(=O)C(C)(C)CCOC(C)(C)CCNC(=O)C(C)(C)CC(C)(C)CC(=O)O. The zero-order valence-electron chi connectivity index (χ0n) is 29.9. The van der Waals surface area contributed by atoms with Crippen LogP contribution in [0.5, 0.6) is 0 Å². The first-order valence-corrected chi connectivity index (χ1v) is 16.3. The minimum Gasteiger partial charge on any atom is -0.481 e. The Hall–Kier alpha value is -3.22. The number of carboxylic acid groups (broad SMARTS) is 1. The highest BCUT2D eigenvalue weighted by molar-refractivity contribution is 5.89. The van der Waals surface area contributed by atoms with Gasteiger partial charge in [0.2, 0.25) is 29.5 Å². The van der Waals surface area contributed by atoms with E-state index in [-0.39, 0.29) is 56.1 Å². The van der Waals surface area contributed by atoms with E-state index in [0.29, 0.717) is 45.5 Å². The maximum atomic E-state index is 12.9. The Balaban J connectivity index is 4.80. The molecule has 0 aliphatic carbocycles. The molecule has 0 bridgehead atoms. The van der Waals surface area contributed by atoms with Crippen molar-refractivity contribution in [2.45, 2.75) is 113 Å². The topological polar surface area (TPSA) is 183 Å². The predicted molar refractivity (Wildman–Crippen MR) is 177 cm³/mol. The van der Waals surface area contributed by atoms with Crippen molar-refractivity contribution in [3.63, 3.8) is 0 Å². The van der Waals surface area contributed by atoms with Crippen molar-refractivity contribution in [2.24, 2.45) is 16.2 Å². The van der Waals surface area contributed by atoms with Crippen molar-refractivity contribution in [3.8, 4) is 0 Å². The molecule has 13 heteroatoms. The van der Waals surface area contributed by atoms with Gasteiger partial charge in [0.05, 0.1) is 12.0 Å². The molecule has 0 fully saturated rings. The summed E-state index contributed by atoms with van der Waals surface area (Å²) >= 11 is 0. The molecule has 5 N–H and O–H groups in total. The molecule has 0 heterocycles. The standard InChI is InChI=1S/C33H61N5O8/c1-11-16-35-25(40)22-38(21-24(39)34-12-2)26(41)13-17-36-28(44)31(5,6)15-19-46-33(9,10)14-18-37-29(45)32(7,8)23-30(3,4)20-27(42)43/h11-23H2,1-10H3,(H,34,39)(H,35,40)(H,36,44)(H,37,45)(H,42,43). The second-order valence-electron chi connectivity index (χ2n) is 14.6. The number of amides is 5. The fourth-order valence-corrected chi connectivity index (χ4v) is 5.07. The average Bonchev–Trinajstić information content (AvgIpc) is 2.89. The van der Waals surface area contributed by atoms with Gasteiger partial charge in [-0.3, -0.25) is 28.8 Å². The van der Waals surface area contributed by atoms with Crippen molar-refractivity contribution in [1.29, 1.82) is 0 Å². The van der Waals surface area contributed by atoms with Gasteiger partial charge in [-0.2, -0.15) is 0 Å². The Morgan fingerprint density at radius 2 is 1.24 bits per heavy atom. The monoisotopic (exact) mass is 655 g/mol. The summed E-state index contributed by atoms with van der Waals surface area (Å²) in [6.45, 7) is 19.5. The summed E-state index contributed by atoms with van der Waals surface area (Å²) in [7, 11) is 0. The van der Waals surface area contributed by atoms with Crippen LogP contribution < -0.4 is 21.3 Å². The van der Waals surface area contributed by atoms with Gasteiger partial charge in [-0.15, -0.1) is 0 Å². The van der Waals surface area contributed by atoms with Crippen LogP contribution in [0.2, 0.25) is 0 Å². The molecular weight excluding hydrogens is 594 g/mol. The summed E-state index contributed by atoms with van der Waals surface area (Å²) in [4.78, 5) is 75.2. The van der Waals surface area contributed by atoms with E-state index in [2.05, 4.69) is 21.3 Å². The summed E-state index contributed by atoms with van der Waals surface area (Å²) < 4.78 is 6.07. The van der Waals surface area contributed by atoms with Crippen molar-refractivity contribution < 1.29 is 38.6 Å². The van der Waals surface area contributed by atoms with E-state index in [1.165, 1.54) is 4.90 Å². The fourth-order valence-electron chi connectivity index (χ4n) is 5.07. The lowest BCUT2D eigenvalue weighted by molar-refractivity contribution is -0.141. The average molecular weight is 656 g/mol. The van der Waals surface area contributed by atoms with Gasteiger partial charge >= 0.3 is 5.97 Å². The highest BCUT2D eigenvalue weighted by Crippen LogP contribution is 2.36. The molecule has 0 radical (unpaired) electrons. The Bertz CT molecular complexity index is 1040. The normalized spacial score (nSPS) is 12.2. The Labute approximate surface area is 275 Å².